The molecule has 0 saturated heterocycles. The van der Waals surface area contributed by atoms with Gasteiger partial charge in [-0.2, -0.15) is 15.3 Å². The number of imidazole rings is 7. The molecule has 20 rings (SSSR count). The highest BCUT2D eigenvalue weighted by Gasteiger charge is 2.20. The Hall–Kier alpha value is -13.5. The molecule has 708 valence electrons. The third-order valence-corrected chi connectivity index (χ3v) is 23.3. The van der Waals surface area contributed by atoms with Crippen molar-refractivity contribution in [1.29, 1.82) is 0 Å². The molecular formula is C108H130ClF4N21O. The van der Waals surface area contributed by atoms with E-state index in [4.69, 9.17) is 16.3 Å². The maximum atomic E-state index is 13.9. The minimum absolute atomic E-state index is 0.0633. The molecule has 0 N–H and O–H groups in total. The summed E-state index contributed by atoms with van der Waals surface area (Å²) in [4.78, 5) is 37.9. The molecular weight excluding hydrogens is 1720 g/mol. The van der Waals surface area contributed by atoms with Gasteiger partial charge in [0, 0.05) is 192 Å². The highest BCUT2D eigenvalue weighted by atomic mass is 35.5. The van der Waals surface area contributed by atoms with Gasteiger partial charge in [0.2, 0.25) is 0 Å². The molecule has 0 saturated carbocycles. The van der Waals surface area contributed by atoms with E-state index in [1.54, 1.807) is 66.2 Å². The molecule has 19 aromatic heterocycles. The van der Waals surface area contributed by atoms with Crippen molar-refractivity contribution in [3.63, 3.8) is 0 Å². The minimum Gasteiger partial charge on any atom is -0.493 e. The normalized spacial score (nSPS) is 12.1. The zero-order valence-electron chi connectivity index (χ0n) is 82.4. The average molecular weight is 1850 g/mol. The fraction of sp³-hybridized carbons (Fsp3) is 0.352. The Morgan fingerprint density at radius 3 is 1.44 bits per heavy atom. The number of aryl methyl sites for hydroxylation is 1. The summed E-state index contributed by atoms with van der Waals surface area (Å²) in [6.45, 7) is 49.4. The number of ether oxygens (including phenoxy) is 1. The lowest BCUT2D eigenvalue weighted by atomic mass is 9.97. The van der Waals surface area contributed by atoms with Gasteiger partial charge >= 0.3 is 0 Å². The summed E-state index contributed by atoms with van der Waals surface area (Å²) in [5.41, 5.74) is 22.7. The number of rotatable bonds is 14. The van der Waals surface area contributed by atoms with Crippen LogP contribution in [0.4, 0.5) is 17.6 Å². The van der Waals surface area contributed by atoms with Gasteiger partial charge in [-0.25, -0.2) is 71.0 Å². The van der Waals surface area contributed by atoms with E-state index in [-0.39, 0.29) is 17.1 Å². The smallest absolute Gasteiger partial charge is 0.179 e. The standard InChI is InChI=1S/C12H14F2N2.2C12H15FN2.C12H13N.C11H14N2O.C11H14N2.C10H11ClN2.C10H12N2.2C9H11N3/c1-7(2)10-6-15-12-11(14)9(8(3)13)4-5-16(10)12;1-8(2)11-7-14-12-6-10(9(3)13)4-5-15(11)12;1-8(2)11-7-14-12-10(9(3)13)5-4-6-15(11)12;1-9(2)11-5-3-4-10-8-13-7-6-12(10)11;1-8(2)9-7-12-11-10(14-3)5-4-6-13(9)11;1-8(2)10-6-12-13-7-9(3)4-5-11(10)13;1-7(2)9-6-12-10-8(11)4-3-5-13(9)10;1-8(2)9-5-6-11-12-7-3-4-10(9)12;1-7(2)8-5-10-6-12-4-3-11-9(8)12;1-7(2)8-3-4-11-12-6-5-10-9(8)12/h4-8H,1-3H3;2*4-9H,1-3H3;3-9H,1-2H3;4-8H,1-3H3;4-8H,1-3H3;3-7H,1-2H3;3-8H,1-2H3;2*3-7H,1-2H3. The number of hydrogen-bond donors (Lipinski definition) is 0. The van der Waals surface area contributed by atoms with Crippen molar-refractivity contribution in [1.82, 2.24) is 100 Å². The number of hydrogen-bond acceptors (Lipinski definition) is 13. The van der Waals surface area contributed by atoms with E-state index >= 15 is 0 Å². The van der Waals surface area contributed by atoms with Crippen LogP contribution in [0.2, 0.25) is 5.02 Å². The molecule has 0 amide bonds. The number of methoxy groups -OCH3 is 1. The van der Waals surface area contributed by atoms with Crippen molar-refractivity contribution >= 4 is 72.9 Å². The van der Waals surface area contributed by atoms with E-state index in [0.717, 1.165) is 56.7 Å². The second-order valence-corrected chi connectivity index (χ2v) is 36.9. The summed E-state index contributed by atoms with van der Waals surface area (Å²) >= 11 is 5.99. The maximum absolute atomic E-state index is 13.9. The van der Waals surface area contributed by atoms with Crippen molar-refractivity contribution in [2.24, 2.45) is 0 Å². The Morgan fingerprint density at radius 2 is 0.837 bits per heavy atom. The van der Waals surface area contributed by atoms with Crippen molar-refractivity contribution in [3.05, 3.63) is 347 Å². The largest absolute Gasteiger partial charge is 0.493 e. The van der Waals surface area contributed by atoms with Crippen molar-refractivity contribution in [2.75, 3.05) is 7.11 Å². The van der Waals surface area contributed by atoms with Gasteiger partial charge in [0.25, 0.3) is 0 Å². The Kier molecular flexibility index (Phi) is 35.5. The van der Waals surface area contributed by atoms with E-state index in [1.165, 1.54) is 86.5 Å². The molecule has 135 heavy (non-hydrogen) atoms. The first-order valence-electron chi connectivity index (χ1n) is 46.3. The zero-order valence-corrected chi connectivity index (χ0v) is 83.2. The lowest BCUT2D eigenvalue weighted by molar-refractivity contribution is 0.361. The average Bonchev–Trinajstić information content (AvgIpc) is 1.75. The van der Waals surface area contributed by atoms with Crippen LogP contribution in [-0.4, -0.2) is 107 Å². The molecule has 1 aromatic carbocycles. The fourth-order valence-corrected chi connectivity index (χ4v) is 15.7. The Balaban J connectivity index is 0.000000144. The SMILES string of the molecule is CC(C)c1cccc2cnccc12.CC(C)c1ccnn2cccc12.CC(C)c1ccnn2ccnc12.CC(C)c1cnc2c(C(C)F)cccn12.CC(C)c1cnc2c(Cl)cccn12.CC(C)c1cnc2c(F)c(C(C)F)ccn12.CC(C)c1cnc2cc(C(C)F)ccn12.CC(C)c1cncn2ccnc12.COc1cccn2c(C(C)C)cnc12.Cc1ccc2c(C(C)C)cnn2c1. The summed E-state index contributed by atoms with van der Waals surface area (Å²) in [5, 5.41) is 15.9. The van der Waals surface area contributed by atoms with E-state index < -0.39 is 24.3 Å². The lowest BCUT2D eigenvalue weighted by Crippen LogP contribution is -2.00. The predicted octanol–water partition coefficient (Wildman–Crippen LogP) is 28.5. The molecule has 0 radical (unpaired) electrons. The number of aromatic nitrogens is 21. The van der Waals surface area contributed by atoms with Crippen molar-refractivity contribution < 1.29 is 22.3 Å². The molecule has 0 spiro atoms. The van der Waals surface area contributed by atoms with Crippen LogP contribution in [0, 0.1) is 12.7 Å². The zero-order chi connectivity index (χ0) is 97.8. The lowest BCUT2D eigenvalue weighted by Gasteiger charge is -2.08. The number of halogens is 5. The van der Waals surface area contributed by atoms with Crippen LogP contribution >= 0.6 is 11.6 Å². The molecule has 0 aliphatic rings. The van der Waals surface area contributed by atoms with Gasteiger partial charge < -0.3 is 26.7 Å². The second-order valence-electron chi connectivity index (χ2n) is 36.4. The highest BCUT2D eigenvalue weighted by molar-refractivity contribution is 6.33. The molecule has 3 unspecified atom stereocenters. The summed E-state index contributed by atoms with van der Waals surface area (Å²) in [6, 6.07) is 37.4. The number of pyridine rings is 7. The van der Waals surface area contributed by atoms with Crippen molar-refractivity contribution in [2.45, 2.75) is 244 Å². The predicted molar refractivity (Wildman–Crippen MR) is 540 cm³/mol. The third kappa shape index (κ3) is 24.9. The van der Waals surface area contributed by atoms with Crippen molar-refractivity contribution in [3.8, 4) is 5.75 Å². The van der Waals surface area contributed by atoms with E-state index in [0.29, 0.717) is 69.4 Å². The monoisotopic (exact) mass is 1850 g/mol. The quantitative estimate of drug-likeness (QED) is 0.0931. The third-order valence-electron chi connectivity index (χ3n) is 23.0. The first-order valence-corrected chi connectivity index (χ1v) is 46.7. The van der Waals surface area contributed by atoms with Crippen LogP contribution in [0.15, 0.2) is 258 Å². The Labute approximate surface area is 794 Å². The Bertz CT molecular complexity index is 6980. The highest BCUT2D eigenvalue weighted by Crippen LogP contribution is 2.32. The molecule has 3 atom stereocenters. The molecule has 0 fully saturated rings. The minimum atomic E-state index is -1.32. The van der Waals surface area contributed by atoms with E-state index in [1.807, 2.05) is 194 Å². The number of fused-ring (bicyclic) bond motifs is 10. The molecule has 27 heteroatoms. The Morgan fingerprint density at radius 1 is 0.326 bits per heavy atom. The van der Waals surface area contributed by atoms with Gasteiger partial charge in [0.05, 0.1) is 29.4 Å². The molecule has 0 aliphatic heterocycles. The first-order chi connectivity index (χ1) is 64.5. The molecule has 19 heterocycles. The van der Waals surface area contributed by atoms with Gasteiger partial charge in [-0.15, -0.1) is 0 Å². The fourth-order valence-electron chi connectivity index (χ4n) is 15.5. The van der Waals surface area contributed by atoms with Gasteiger partial charge in [0.15, 0.2) is 34.2 Å². The van der Waals surface area contributed by atoms with E-state index in [2.05, 4.69) is 251 Å². The number of alkyl halides is 3. The van der Waals surface area contributed by atoms with Crippen LogP contribution in [-0.2, 0) is 0 Å². The summed E-state index contributed by atoms with van der Waals surface area (Å²) < 4.78 is 76.0. The van der Waals surface area contributed by atoms with Gasteiger partial charge in [-0.05, 0) is 199 Å². The summed E-state index contributed by atoms with van der Waals surface area (Å²) in [5.74, 6) is 4.91. The van der Waals surface area contributed by atoms with Crippen LogP contribution in [0.1, 0.15) is 315 Å². The van der Waals surface area contributed by atoms with Crippen LogP contribution < -0.4 is 4.74 Å². The van der Waals surface area contributed by atoms with Gasteiger partial charge in [-0.3, -0.25) is 9.38 Å². The molecule has 20 aromatic rings. The maximum Gasteiger partial charge on any atom is 0.179 e. The molecule has 22 nitrogen and oxygen atoms in total. The van der Waals surface area contributed by atoms with Crippen LogP contribution in [0.5, 0.6) is 5.75 Å². The van der Waals surface area contributed by atoms with Gasteiger partial charge in [-0.1, -0.05) is 180 Å². The molecule has 0 aliphatic carbocycles. The molecule has 0 bridgehead atoms. The van der Waals surface area contributed by atoms with Crippen LogP contribution in [0.25, 0.3) is 61.3 Å². The second kappa shape index (κ2) is 46.9. The summed E-state index contributed by atoms with van der Waals surface area (Å²) in [7, 11) is 1.67. The number of nitrogens with zero attached hydrogens (tertiary/aromatic N) is 21. The first kappa shape index (κ1) is 102. The number of benzene rings is 1. The topological polar surface area (TPSA) is 204 Å². The summed E-state index contributed by atoms with van der Waals surface area (Å²) in [6.07, 6.45) is 39.8. The van der Waals surface area contributed by atoms with Gasteiger partial charge in [0.1, 0.15) is 41.8 Å². The van der Waals surface area contributed by atoms with Crippen LogP contribution in [0.3, 0.4) is 0 Å². The van der Waals surface area contributed by atoms with E-state index in [9.17, 15) is 17.6 Å².